The Hall–Kier alpha value is -0.580. The number of nitrogens with zero attached hydrogens (tertiary/aromatic N) is 1. The smallest absolute Gasteiger partial charge is 0.0772 e. The molecule has 1 fully saturated rings. The van der Waals surface area contributed by atoms with Crippen LogP contribution in [0.4, 0.5) is 5.69 Å². The fraction of sp³-hybridized carbons (Fsp3) is 0.571. The van der Waals surface area contributed by atoms with Gasteiger partial charge < -0.3 is 14.7 Å². The first kappa shape index (κ1) is 13.8. The van der Waals surface area contributed by atoms with Gasteiger partial charge in [-0.15, -0.1) is 0 Å². The monoisotopic (exact) mass is 313 g/mol. The number of aliphatic hydroxyl groups is 1. The summed E-state index contributed by atoms with van der Waals surface area (Å²) in [7, 11) is 1.79. The van der Waals surface area contributed by atoms with Gasteiger partial charge >= 0.3 is 0 Å². The number of methoxy groups -OCH3 is 1. The lowest BCUT2D eigenvalue weighted by Gasteiger charge is -2.33. The van der Waals surface area contributed by atoms with E-state index in [0.717, 1.165) is 36.0 Å². The average Bonchev–Trinajstić information content (AvgIpc) is 2.38. The summed E-state index contributed by atoms with van der Waals surface area (Å²) >= 11 is 3.53. The molecule has 1 aromatic rings. The first-order valence-corrected chi connectivity index (χ1v) is 7.16. The summed E-state index contributed by atoms with van der Waals surface area (Å²) in [5.41, 5.74) is 2.14. The van der Waals surface area contributed by atoms with Crippen LogP contribution in [0.5, 0.6) is 0 Å². The highest BCUT2D eigenvalue weighted by atomic mass is 79.9. The maximum Gasteiger partial charge on any atom is 0.0772 e. The molecule has 2 rings (SSSR count). The first-order valence-electron chi connectivity index (χ1n) is 6.37. The van der Waals surface area contributed by atoms with Crippen LogP contribution < -0.4 is 4.90 Å². The minimum atomic E-state index is -0.437. The second-order valence-corrected chi connectivity index (χ2v) is 5.66. The topological polar surface area (TPSA) is 32.7 Å². The molecule has 0 spiro atoms. The molecule has 100 valence electrons. The van der Waals surface area contributed by atoms with Crippen molar-refractivity contribution in [2.24, 2.45) is 0 Å². The minimum absolute atomic E-state index is 0.404. The van der Waals surface area contributed by atoms with E-state index >= 15 is 0 Å². The Labute approximate surface area is 117 Å². The molecule has 0 bridgehead atoms. The molecule has 1 saturated heterocycles. The summed E-state index contributed by atoms with van der Waals surface area (Å²) < 4.78 is 6.36. The minimum Gasteiger partial charge on any atom is -0.389 e. The Morgan fingerprint density at radius 3 is 2.56 bits per heavy atom. The van der Waals surface area contributed by atoms with Gasteiger partial charge in [-0.05, 0) is 37.5 Å². The van der Waals surface area contributed by atoms with Crippen LogP contribution in [0.15, 0.2) is 22.7 Å². The predicted octanol–water partition coefficient (Wildman–Crippen LogP) is 3.12. The molecular formula is C14H20BrNO2. The Bertz CT molecular complexity index is 401. The van der Waals surface area contributed by atoms with Crippen LogP contribution in [-0.2, 0) is 4.74 Å². The van der Waals surface area contributed by atoms with Gasteiger partial charge in [-0.25, -0.2) is 0 Å². The highest BCUT2D eigenvalue weighted by Crippen LogP contribution is 2.29. The fourth-order valence-corrected chi connectivity index (χ4v) is 3.10. The van der Waals surface area contributed by atoms with Crippen molar-refractivity contribution in [3.05, 3.63) is 28.2 Å². The zero-order valence-corrected chi connectivity index (χ0v) is 12.5. The lowest BCUT2D eigenvalue weighted by atomic mass is 10.1. The van der Waals surface area contributed by atoms with Crippen molar-refractivity contribution in [1.82, 2.24) is 0 Å². The molecule has 3 nitrogen and oxygen atoms in total. The highest BCUT2D eigenvalue weighted by Gasteiger charge is 2.19. The van der Waals surface area contributed by atoms with Crippen LogP contribution in [0, 0.1) is 0 Å². The molecule has 1 aromatic carbocycles. The predicted molar refractivity (Wildman–Crippen MR) is 77.0 cm³/mol. The van der Waals surface area contributed by atoms with Gasteiger partial charge in [0.2, 0.25) is 0 Å². The van der Waals surface area contributed by atoms with Gasteiger partial charge in [-0.2, -0.15) is 0 Å². The average molecular weight is 314 g/mol. The quantitative estimate of drug-likeness (QED) is 0.930. The van der Waals surface area contributed by atoms with E-state index in [9.17, 15) is 5.11 Å². The molecule has 0 saturated carbocycles. The van der Waals surface area contributed by atoms with Crippen LogP contribution >= 0.6 is 15.9 Å². The van der Waals surface area contributed by atoms with Crippen molar-refractivity contribution in [2.45, 2.75) is 32.0 Å². The largest absolute Gasteiger partial charge is 0.389 e. The lowest BCUT2D eigenvalue weighted by Crippen LogP contribution is -2.36. The van der Waals surface area contributed by atoms with E-state index < -0.39 is 6.10 Å². The number of anilines is 1. The summed E-state index contributed by atoms with van der Waals surface area (Å²) in [5.74, 6) is 0. The van der Waals surface area contributed by atoms with Crippen LogP contribution in [0.1, 0.15) is 31.4 Å². The number of hydrogen-bond donors (Lipinski definition) is 1. The molecule has 1 atom stereocenters. The van der Waals surface area contributed by atoms with Gasteiger partial charge in [0.1, 0.15) is 0 Å². The molecule has 1 aliphatic rings. The lowest BCUT2D eigenvalue weighted by molar-refractivity contribution is 0.0819. The van der Waals surface area contributed by atoms with E-state index in [1.807, 2.05) is 6.07 Å². The molecule has 0 aliphatic carbocycles. The van der Waals surface area contributed by atoms with E-state index in [2.05, 4.69) is 33.0 Å². The summed E-state index contributed by atoms with van der Waals surface area (Å²) in [5, 5.41) is 9.61. The van der Waals surface area contributed by atoms with Crippen molar-refractivity contribution in [3.63, 3.8) is 0 Å². The van der Waals surface area contributed by atoms with Crippen molar-refractivity contribution >= 4 is 21.6 Å². The Balaban J connectivity index is 2.08. The van der Waals surface area contributed by atoms with Crippen LogP contribution in [-0.4, -0.2) is 31.4 Å². The maximum absolute atomic E-state index is 9.61. The van der Waals surface area contributed by atoms with E-state index in [0.29, 0.717) is 6.10 Å². The Morgan fingerprint density at radius 1 is 1.39 bits per heavy atom. The number of ether oxygens (including phenoxy) is 1. The molecule has 0 unspecified atom stereocenters. The molecule has 0 aromatic heterocycles. The zero-order valence-electron chi connectivity index (χ0n) is 10.9. The summed E-state index contributed by atoms with van der Waals surface area (Å²) in [4.78, 5) is 2.37. The van der Waals surface area contributed by atoms with Crippen molar-refractivity contribution < 1.29 is 9.84 Å². The maximum atomic E-state index is 9.61. The fourth-order valence-electron chi connectivity index (χ4n) is 2.40. The Kier molecular flexibility index (Phi) is 4.65. The molecule has 1 aliphatic heterocycles. The third-order valence-corrected chi connectivity index (χ3v) is 4.26. The van der Waals surface area contributed by atoms with Gasteiger partial charge in [0, 0.05) is 30.4 Å². The van der Waals surface area contributed by atoms with E-state index in [1.54, 1.807) is 14.0 Å². The summed E-state index contributed by atoms with van der Waals surface area (Å²) in [6.07, 6.45) is 2.12. The SMILES string of the molecule is COC1CCN(c2ccc([C@H](C)O)c(Br)c2)CC1. The van der Waals surface area contributed by atoms with Crippen molar-refractivity contribution in [3.8, 4) is 0 Å². The first-order chi connectivity index (χ1) is 8.61. The number of aliphatic hydroxyl groups excluding tert-OH is 1. The van der Waals surface area contributed by atoms with E-state index in [-0.39, 0.29) is 0 Å². The molecule has 0 radical (unpaired) electrons. The second-order valence-electron chi connectivity index (χ2n) is 4.80. The molecule has 1 N–H and O–H groups in total. The normalized spacial score (nSPS) is 19.0. The molecule has 0 amide bonds. The van der Waals surface area contributed by atoms with Crippen LogP contribution in [0.2, 0.25) is 0 Å². The summed E-state index contributed by atoms with van der Waals surface area (Å²) in [6, 6.07) is 6.17. The van der Waals surface area contributed by atoms with Crippen LogP contribution in [0.3, 0.4) is 0 Å². The third kappa shape index (κ3) is 3.05. The van der Waals surface area contributed by atoms with Crippen molar-refractivity contribution in [1.29, 1.82) is 0 Å². The number of piperidine rings is 1. The van der Waals surface area contributed by atoms with Gasteiger partial charge in [0.15, 0.2) is 0 Å². The number of hydrogen-bond acceptors (Lipinski definition) is 3. The standard InChI is InChI=1S/C14H20BrNO2/c1-10(17)13-4-3-11(9-14(13)15)16-7-5-12(18-2)6-8-16/h3-4,9-10,12,17H,5-8H2,1-2H3/t10-/m0/s1. The van der Waals surface area contributed by atoms with E-state index in [1.165, 1.54) is 5.69 Å². The van der Waals surface area contributed by atoms with Gasteiger partial charge in [0.05, 0.1) is 12.2 Å². The van der Waals surface area contributed by atoms with Crippen molar-refractivity contribution in [2.75, 3.05) is 25.1 Å². The number of benzene rings is 1. The number of rotatable bonds is 3. The third-order valence-electron chi connectivity index (χ3n) is 3.57. The molecule has 18 heavy (non-hydrogen) atoms. The van der Waals surface area contributed by atoms with E-state index in [4.69, 9.17) is 4.74 Å². The van der Waals surface area contributed by atoms with Gasteiger partial charge in [0.25, 0.3) is 0 Å². The highest BCUT2D eigenvalue weighted by molar-refractivity contribution is 9.10. The molecule has 1 heterocycles. The molecular weight excluding hydrogens is 294 g/mol. The second kappa shape index (κ2) is 6.04. The van der Waals surface area contributed by atoms with Crippen LogP contribution in [0.25, 0.3) is 0 Å². The van der Waals surface area contributed by atoms with Gasteiger partial charge in [-0.3, -0.25) is 0 Å². The zero-order chi connectivity index (χ0) is 13.1. The Morgan fingerprint density at radius 2 is 2.06 bits per heavy atom. The number of halogens is 1. The molecule has 4 heteroatoms. The summed E-state index contributed by atoms with van der Waals surface area (Å²) in [6.45, 7) is 3.84. The van der Waals surface area contributed by atoms with Gasteiger partial charge in [-0.1, -0.05) is 22.0 Å².